The van der Waals surface area contributed by atoms with Crippen molar-refractivity contribution in [3.63, 3.8) is 0 Å². The van der Waals surface area contributed by atoms with E-state index in [1.165, 1.54) is 11.1 Å². The highest BCUT2D eigenvalue weighted by molar-refractivity contribution is 5.09. The van der Waals surface area contributed by atoms with Crippen molar-refractivity contribution in [3.8, 4) is 0 Å². The molecule has 0 fully saturated rings. The van der Waals surface area contributed by atoms with Gasteiger partial charge in [0, 0.05) is 5.41 Å². The second-order valence-corrected chi connectivity index (χ2v) is 7.61. The summed E-state index contributed by atoms with van der Waals surface area (Å²) in [7, 11) is 0. The molecule has 1 heteroatoms. The quantitative estimate of drug-likeness (QED) is 0.512. The number of aliphatic hydroxyl groups is 1. The summed E-state index contributed by atoms with van der Waals surface area (Å²) in [6.07, 6.45) is 10.0. The van der Waals surface area contributed by atoms with E-state index in [0.29, 0.717) is 12.3 Å². The van der Waals surface area contributed by atoms with Crippen molar-refractivity contribution in [3.05, 3.63) is 36.0 Å². The van der Waals surface area contributed by atoms with Crippen LogP contribution in [-0.2, 0) is 0 Å². The van der Waals surface area contributed by atoms with Crippen LogP contribution in [0.15, 0.2) is 36.0 Å². The maximum absolute atomic E-state index is 11.2. The molecule has 0 bridgehead atoms. The zero-order valence-electron chi connectivity index (χ0n) is 15.3. The van der Waals surface area contributed by atoms with Gasteiger partial charge in [0.2, 0.25) is 0 Å². The van der Waals surface area contributed by atoms with E-state index in [-0.39, 0.29) is 5.41 Å². The molecule has 0 spiro atoms. The van der Waals surface area contributed by atoms with Crippen molar-refractivity contribution in [2.45, 2.75) is 79.8 Å². The summed E-state index contributed by atoms with van der Waals surface area (Å²) in [5.74, 6) is 0.496. The second kappa shape index (κ2) is 8.58. The van der Waals surface area contributed by atoms with Crippen LogP contribution >= 0.6 is 0 Å². The average Bonchev–Trinajstić information content (AvgIpc) is 2.35. The molecule has 0 aromatic rings. The third kappa shape index (κ3) is 7.13. The first-order valence-corrected chi connectivity index (χ1v) is 8.17. The first-order valence-electron chi connectivity index (χ1n) is 8.17. The molecule has 0 aliphatic rings. The summed E-state index contributed by atoms with van der Waals surface area (Å²) in [4.78, 5) is 0. The van der Waals surface area contributed by atoms with E-state index in [4.69, 9.17) is 0 Å². The fourth-order valence-electron chi connectivity index (χ4n) is 2.51. The van der Waals surface area contributed by atoms with Gasteiger partial charge in [0.05, 0.1) is 5.60 Å². The van der Waals surface area contributed by atoms with E-state index in [1.807, 2.05) is 6.08 Å². The third-order valence-electron chi connectivity index (χ3n) is 4.46. The van der Waals surface area contributed by atoms with Crippen LogP contribution in [0.3, 0.4) is 0 Å². The Hall–Kier alpha value is -0.820. The molecule has 0 amide bonds. The highest BCUT2D eigenvalue weighted by Gasteiger charge is 2.41. The Morgan fingerprint density at radius 1 is 1.10 bits per heavy atom. The van der Waals surface area contributed by atoms with Crippen LogP contribution in [0.4, 0.5) is 0 Å². The van der Waals surface area contributed by atoms with Crippen LogP contribution in [0, 0.1) is 11.3 Å². The summed E-state index contributed by atoms with van der Waals surface area (Å²) in [5, 5.41) is 11.2. The van der Waals surface area contributed by atoms with Crippen LogP contribution in [0.25, 0.3) is 0 Å². The van der Waals surface area contributed by atoms with E-state index in [9.17, 15) is 5.11 Å². The molecule has 0 aliphatic carbocycles. The first-order chi connectivity index (χ1) is 9.54. The van der Waals surface area contributed by atoms with Crippen LogP contribution in [0.2, 0.25) is 0 Å². The maximum atomic E-state index is 11.2. The normalized spacial score (nSPS) is 15.8. The molecule has 0 aromatic heterocycles. The van der Waals surface area contributed by atoms with Crippen molar-refractivity contribution >= 4 is 0 Å². The molecule has 122 valence electrons. The van der Waals surface area contributed by atoms with E-state index in [2.05, 4.69) is 67.2 Å². The molecule has 0 saturated carbocycles. The van der Waals surface area contributed by atoms with Crippen molar-refractivity contribution in [1.82, 2.24) is 0 Å². The van der Waals surface area contributed by atoms with Crippen LogP contribution in [-0.4, -0.2) is 10.7 Å². The van der Waals surface area contributed by atoms with E-state index >= 15 is 0 Å². The van der Waals surface area contributed by atoms with Crippen molar-refractivity contribution in [2.75, 3.05) is 0 Å². The molecule has 0 aliphatic heterocycles. The largest absolute Gasteiger partial charge is 0.389 e. The van der Waals surface area contributed by atoms with Gasteiger partial charge in [-0.2, -0.15) is 0 Å². The minimum absolute atomic E-state index is 0.288. The van der Waals surface area contributed by atoms with Crippen molar-refractivity contribution in [2.24, 2.45) is 11.3 Å². The number of hydrogen-bond donors (Lipinski definition) is 1. The average molecular weight is 293 g/mol. The lowest BCUT2D eigenvalue weighted by Gasteiger charge is -2.42. The smallest absolute Gasteiger partial charge is 0.0769 e. The Morgan fingerprint density at radius 2 is 1.62 bits per heavy atom. The predicted octanol–water partition coefficient (Wildman–Crippen LogP) is 6.06. The van der Waals surface area contributed by atoms with E-state index in [0.717, 1.165) is 19.3 Å². The van der Waals surface area contributed by atoms with Gasteiger partial charge in [0.25, 0.3) is 0 Å². The Morgan fingerprint density at radius 3 is 2.05 bits per heavy atom. The lowest BCUT2D eigenvalue weighted by Crippen LogP contribution is -2.44. The van der Waals surface area contributed by atoms with Gasteiger partial charge in [0.15, 0.2) is 0 Å². The molecule has 1 nitrogen and oxygen atoms in total. The van der Waals surface area contributed by atoms with Gasteiger partial charge in [-0.25, -0.2) is 0 Å². The van der Waals surface area contributed by atoms with Gasteiger partial charge >= 0.3 is 0 Å². The number of allylic oxidation sites excluding steroid dienone is 3. The zero-order chi connectivity index (χ0) is 16.7. The standard InChI is InChI=1S/C20H36O/c1-9-19(7,8)20(21,14-13-17(4)5)15-18(6)12-10-11-16(2)3/h9,11,13,18,21H,1,10,12,14-15H2,2-8H3. The first kappa shape index (κ1) is 20.2. The van der Waals surface area contributed by atoms with Crippen molar-refractivity contribution in [1.29, 1.82) is 0 Å². The molecule has 0 aromatic carbocycles. The molecular weight excluding hydrogens is 256 g/mol. The van der Waals surface area contributed by atoms with Crippen molar-refractivity contribution < 1.29 is 5.11 Å². The zero-order valence-corrected chi connectivity index (χ0v) is 15.3. The van der Waals surface area contributed by atoms with Gasteiger partial charge in [-0.15, -0.1) is 6.58 Å². The van der Waals surface area contributed by atoms with Gasteiger partial charge in [0.1, 0.15) is 0 Å². The number of hydrogen-bond acceptors (Lipinski definition) is 1. The van der Waals surface area contributed by atoms with E-state index in [1.54, 1.807) is 0 Å². The fraction of sp³-hybridized carbons (Fsp3) is 0.700. The molecule has 0 rings (SSSR count). The summed E-state index contributed by atoms with van der Waals surface area (Å²) >= 11 is 0. The molecule has 2 unspecified atom stereocenters. The number of rotatable bonds is 9. The van der Waals surface area contributed by atoms with Crippen LogP contribution < -0.4 is 0 Å². The fourth-order valence-corrected chi connectivity index (χ4v) is 2.51. The van der Waals surface area contributed by atoms with Gasteiger partial charge in [-0.3, -0.25) is 0 Å². The summed E-state index contributed by atoms with van der Waals surface area (Å²) < 4.78 is 0. The summed E-state index contributed by atoms with van der Waals surface area (Å²) in [6, 6.07) is 0. The third-order valence-corrected chi connectivity index (χ3v) is 4.46. The van der Waals surface area contributed by atoms with Gasteiger partial charge in [-0.1, -0.05) is 50.1 Å². The molecular formula is C20H36O. The molecule has 21 heavy (non-hydrogen) atoms. The highest BCUT2D eigenvalue weighted by Crippen LogP contribution is 2.41. The summed E-state index contributed by atoms with van der Waals surface area (Å²) in [5.41, 5.74) is 1.61. The predicted molar refractivity (Wildman–Crippen MR) is 95.4 cm³/mol. The lowest BCUT2D eigenvalue weighted by molar-refractivity contribution is -0.0581. The molecule has 0 radical (unpaired) electrons. The van der Waals surface area contributed by atoms with Gasteiger partial charge < -0.3 is 5.11 Å². The van der Waals surface area contributed by atoms with E-state index < -0.39 is 5.60 Å². The van der Waals surface area contributed by atoms with Crippen LogP contribution in [0.1, 0.15) is 74.1 Å². The summed E-state index contributed by atoms with van der Waals surface area (Å²) in [6.45, 7) is 18.8. The lowest BCUT2D eigenvalue weighted by atomic mass is 9.68. The Balaban J connectivity index is 4.94. The molecule has 1 N–H and O–H groups in total. The topological polar surface area (TPSA) is 20.2 Å². The SMILES string of the molecule is C=CC(C)(C)C(O)(CC=C(C)C)CC(C)CCC=C(C)C. The molecule has 0 saturated heterocycles. The highest BCUT2D eigenvalue weighted by atomic mass is 16.3. The van der Waals surface area contributed by atoms with Crippen LogP contribution in [0.5, 0.6) is 0 Å². The molecule has 2 atom stereocenters. The second-order valence-electron chi connectivity index (χ2n) is 7.61. The molecule has 0 heterocycles. The minimum atomic E-state index is -0.726. The Bertz CT molecular complexity index is 379. The van der Waals surface area contributed by atoms with Gasteiger partial charge in [-0.05, 0) is 59.3 Å². The minimum Gasteiger partial charge on any atom is -0.389 e. The maximum Gasteiger partial charge on any atom is 0.0769 e. The monoisotopic (exact) mass is 292 g/mol. The Labute approximate surface area is 132 Å². The Kier molecular flexibility index (Phi) is 8.25.